The van der Waals surface area contributed by atoms with E-state index in [1.54, 1.807) is 36.4 Å². The van der Waals surface area contributed by atoms with Crippen molar-refractivity contribution in [1.29, 1.82) is 0 Å². The number of carbonyl (C=O) groups is 2. The molecule has 5 heteroatoms. The zero-order valence-electron chi connectivity index (χ0n) is 15.4. The molecule has 0 fully saturated rings. The lowest BCUT2D eigenvalue weighted by molar-refractivity contribution is -0.148. The van der Waals surface area contributed by atoms with Gasteiger partial charge in [0.2, 0.25) is 5.91 Å². The van der Waals surface area contributed by atoms with E-state index in [1.807, 2.05) is 24.3 Å². The summed E-state index contributed by atoms with van der Waals surface area (Å²) < 4.78 is 5.41. The van der Waals surface area contributed by atoms with Gasteiger partial charge in [-0.15, -0.1) is 0 Å². The van der Waals surface area contributed by atoms with Crippen LogP contribution in [0.25, 0.3) is 0 Å². The fourth-order valence-corrected chi connectivity index (χ4v) is 2.67. The largest absolute Gasteiger partial charge is 0.463 e. The molecule has 2 aromatic carbocycles. The summed E-state index contributed by atoms with van der Waals surface area (Å²) in [5.41, 5.74) is 1.27. The van der Waals surface area contributed by atoms with E-state index >= 15 is 0 Å². The molecule has 0 saturated heterocycles. The summed E-state index contributed by atoms with van der Waals surface area (Å²) in [5.74, 6) is -1.92. The van der Waals surface area contributed by atoms with Crippen LogP contribution < -0.4 is 5.32 Å². The molecule has 0 aliphatic heterocycles. The van der Waals surface area contributed by atoms with Gasteiger partial charge in [0.25, 0.3) is 0 Å². The Hall–Kier alpha value is -2.66. The smallest absolute Gasteiger partial charge is 0.323 e. The van der Waals surface area contributed by atoms with Crippen molar-refractivity contribution in [2.45, 2.75) is 19.8 Å². The monoisotopic (exact) mass is 354 g/mol. The number of anilines is 1. The average molecular weight is 354 g/mol. The average Bonchev–Trinajstić information content (AvgIpc) is 2.67. The second kappa shape index (κ2) is 10.4. The Balaban J connectivity index is 2.08. The Morgan fingerprint density at radius 1 is 0.962 bits per heavy atom. The molecule has 1 amide bonds. The van der Waals surface area contributed by atoms with Crippen molar-refractivity contribution in [2.75, 3.05) is 31.6 Å². The Kier molecular flexibility index (Phi) is 7.83. The molecule has 5 nitrogen and oxygen atoms in total. The molecule has 0 aromatic heterocycles. The summed E-state index contributed by atoms with van der Waals surface area (Å²) in [6.45, 7) is 6.83. The van der Waals surface area contributed by atoms with Gasteiger partial charge in [-0.3, -0.25) is 9.59 Å². The standard InChI is InChI=1S/C21H26N2O3/c1-3-23(4-2)15-16-26-21(25)19(17-11-7-5-8-12-17)20(24)22-18-13-9-6-10-14-18/h5-14,19H,3-4,15-16H2,1-2H3,(H,22,24)/t19-/m0/s1. The van der Waals surface area contributed by atoms with Crippen LogP contribution in [-0.2, 0) is 14.3 Å². The summed E-state index contributed by atoms with van der Waals surface area (Å²) in [6, 6.07) is 18.1. The molecule has 0 aliphatic carbocycles. The minimum Gasteiger partial charge on any atom is -0.463 e. The first kappa shape index (κ1) is 19.7. The van der Waals surface area contributed by atoms with Gasteiger partial charge < -0.3 is 15.0 Å². The zero-order chi connectivity index (χ0) is 18.8. The van der Waals surface area contributed by atoms with Crippen molar-refractivity contribution in [1.82, 2.24) is 4.90 Å². The van der Waals surface area contributed by atoms with Gasteiger partial charge in [0.05, 0.1) is 0 Å². The highest BCUT2D eigenvalue weighted by Gasteiger charge is 2.30. The second-order valence-corrected chi connectivity index (χ2v) is 5.89. The number of amides is 1. The lowest BCUT2D eigenvalue weighted by Gasteiger charge is -2.20. The van der Waals surface area contributed by atoms with Gasteiger partial charge >= 0.3 is 5.97 Å². The predicted molar refractivity (Wildman–Crippen MR) is 103 cm³/mol. The van der Waals surface area contributed by atoms with Crippen molar-refractivity contribution in [2.24, 2.45) is 0 Å². The molecule has 0 heterocycles. The minimum atomic E-state index is -0.992. The molecule has 1 atom stereocenters. The van der Waals surface area contributed by atoms with Crippen LogP contribution in [0.4, 0.5) is 5.69 Å². The normalized spacial score (nSPS) is 11.8. The Labute approximate surface area is 155 Å². The lowest BCUT2D eigenvalue weighted by atomic mass is 9.98. The summed E-state index contributed by atoms with van der Waals surface area (Å²) in [7, 11) is 0. The number of hydrogen-bond acceptors (Lipinski definition) is 4. The first-order valence-corrected chi connectivity index (χ1v) is 8.95. The Morgan fingerprint density at radius 2 is 1.54 bits per heavy atom. The molecule has 0 aliphatic rings. The molecule has 138 valence electrons. The van der Waals surface area contributed by atoms with Crippen LogP contribution in [0.1, 0.15) is 25.3 Å². The molecule has 0 bridgehead atoms. The molecule has 0 unspecified atom stereocenters. The summed E-state index contributed by atoms with van der Waals surface area (Å²) in [4.78, 5) is 27.5. The van der Waals surface area contributed by atoms with E-state index in [1.165, 1.54) is 0 Å². The summed E-state index contributed by atoms with van der Waals surface area (Å²) in [5, 5.41) is 2.79. The van der Waals surface area contributed by atoms with E-state index in [9.17, 15) is 9.59 Å². The number of nitrogens with zero attached hydrogens (tertiary/aromatic N) is 1. The molecule has 2 rings (SSSR count). The van der Waals surface area contributed by atoms with Gasteiger partial charge in [-0.2, -0.15) is 0 Å². The maximum Gasteiger partial charge on any atom is 0.323 e. The van der Waals surface area contributed by atoms with Crippen molar-refractivity contribution in [3.8, 4) is 0 Å². The van der Waals surface area contributed by atoms with Gasteiger partial charge in [-0.25, -0.2) is 0 Å². The van der Waals surface area contributed by atoms with Crippen molar-refractivity contribution in [3.63, 3.8) is 0 Å². The molecule has 0 radical (unpaired) electrons. The van der Waals surface area contributed by atoms with Gasteiger partial charge in [0, 0.05) is 12.2 Å². The van der Waals surface area contributed by atoms with Crippen molar-refractivity contribution >= 4 is 17.6 Å². The van der Waals surface area contributed by atoms with Crippen molar-refractivity contribution < 1.29 is 14.3 Å². The minimum absolute atomic E-state index is 0.266. The SMILES string of the molecule is CCN(CC)CCOC(=O)[C@H](C(=O)Nc1ccccc1)c1ccccc1. The fraction of sp³-hybridized carbons (Fsp3) is 0.333. The van der Waals surface area contributed by atoms with Crippen molar-refractivity contribution in [3.05, 3.63) is 66.2 Å². The number of nitrogens with one attached hydrogen (secondary N) is 1. The van der Waals surface area contributed by atoms with E-state index in [-0.39, 0.29) is 6.61 Å². The summed E-state index contributed by atoms with van der Waals surface area (Å²) in [6.07, 6.45) is 0. The molecule has 2 aromatic rings. The second-order valence-electron chi connectivity index (χ2n) is 5.89. The highest BCUT2D eigenvalue weighted by molar-refractivity contribution is 6.09. The topological polar surface area (TPSA) is 58.6 Å². The highest BCUT2D eigenvalue weighted by atomic mass is 16.5. The van der Waals surface area contributed by atoms with E-state index in [0.717, 1.165) is 13.1 Å². The number of ether oxygens (including phenoxy) is 1. The van der Waals surface area contributed by atoms with Crippen LogP contribution in [-0.4, -0.2) is 43.0 Å². The fourth-order valence-electron chi connectivity index (χ4n) is 2.67. The molecule has 1 N–H and O–H groups in total. The summed E-state index contributed by atoms with van der Waals surface area (Å²) >= 11 is 0. The number of carbonyl (C=O) groups excluding carboxylic acids is 2. The van der Waals surface area contributed by atoms with Gasteiger partial charge in [0.1, 0.15) is 6.61 Å². The van der Waals surface area contributed by atoms with E-state index in [2.05, 4.69) is 24.1 Å². The van der Waals surface area contributed by atoms with E-state index in [0.29, 0.717) is 17.8 Å². The first-order chi connectivity index (χ1) is 12.7. The molecule has 0 saturated carbocycles. The first-order valence-electron chi connectivity index (χ1n) is 8.95. The quantitative estimate of drug-likeness (QED) is 0.554. The van der Waals surface area contributed by atoms with Gasteiger partial charge in [0.15, 0.2) is 5.92 Å². The van der Waals surface area contributed by atoms with E-state index in [4.69, 9.17) is 4.74 Å². The molecular weight excluding hydrogens is 328 g/mol. The predicted octanol–water partition coefficient (Wildman–Crippen LogP) is 3.29. The third-order valence-corrected chi connectivity index (χ3v) is 4.22. The third-order valence-electron chi connectivity index (χ3n) is 4.22. The lowest BCUT2D eigenvalue weighted by Crippen LogP contribution is -2.32. The van der Waals surface area contributed by atoms with Crippen LogP contribution in [0.2, 0.25) is 0 Å². The number of hydrogen-bond donors (Lipinski definition) is 1. The third kappa shape index (κ3) is 5.70. The zero-order valence-corrected chi connectivity index (χ0v) is 15.4. The number of para-hydroxylation sites is 1. The molecular formula is C21H26N2O3. The Bertz CT molecular complexity index is 685. The van der Waals surface area contributed by atoms with Crippen LogP contribution in [0.3, 0.4) is 0 Å². The molecule has 26 heavy (non-hydrogen) atoms. The number of benzene rings is 2. The highest BCUT2D eigenvalue weighted by Crippen LogP contribution is 2.20. The van der Waals surface area contributed by atoms with Gasteiger partial charge in [-0.05, 0) is 30.8 Å². The number of esters is 1. The van der Waals surface area contributed by atoms with Gasteiger partial charge in [-0.1, -0.05) is 62.4 Å². The Morgan fingerprint density at radius 3 is 2.12 bits per heavy atom. The van der Waals surface area contributed by atoms with Crippen LogP contribution in [0.15, 0.2) is 60.7 Å². The number of likely N-dealkylation sites (N-methyl/N-ethyl adjacent to an activating group) is 1. The van der Waals surface area contributed by atoms with Crippen LogP contribution in [0.5, 0.6) is 0 Å². The number of rotatable bonds is 9. The molecule has 0 spiro atoms. The maximum atomic E-state index is 12.7. The van der Waals surface area contributed by atoms with Crippen LogP contribution >= 0.6 is 0 Å². The van der Waals surface area contributed by atoms with E-state index < -0.39 is 17.8 Å². The van der Waals surface area contributed by atoms with Crippen LogP contribution in [0, 0.1) is 0 Å². The maximum absolute atomic E-state index is 12.7.